The van der Waals surface area contributed by atoms with E-state index in [1.807, 2.05) is 18.2 Å². The van der Waals surface area contributed by atoms with Gasteiger partial charge in [0.1, 0.15) is 0 Å². The van der Waals surface area contributed by atoms with Crippen LogP contribution in [0, 0.1) is 0 Å². The third kappa shape index (κ3) is 1.74. The van der Waals surface area contributed by atoms with Gasteiger partial charge in [0.05, 0.1) is 5.69 Å². The van der Waals surface area contributed by atoms with E-state index in [0.717, 1.165) is 12.0 Å². The standard InChI is InChI=1S/C8H11N2/c9-5-4-7-2-1-3-8(10)6-7/h1-3,6,10H,4-5,9H2. The first-order valence-electron chi connectivity index (χ1n) is 3.33. The highest BCUT2D eigenvalue weighted by atomic mass is 14.5. The topological polar surface area (TPSA) is 49.8 Å². The fraction of sp³-hybridized carbons (Fsp3) is 0.250. The van der Waals surface area contributed by atoms with Crippen molar-refractivity contribution < 1.29 is 0 Å². The van der Waals surface area contributed by atoms with Crippen LogP contribution in [0.3, 0.4) is 0 Å². The van der Waals surface area contributed by atoms with Crippen molar-refractivity contribution in [3.63, 3.8) is 0 Å². The summed E-state index contributed by atoms with van der Waals surface area (Å²) in [6.07, 6.45) is 0.868. The van der Waals surface area contributed by atoms with E-state index in [1.54, 1.807) is 6.07 Å². The molecule has 0 fully saturated rings. The normalized spacial score (nSPS) is 9.70. The molecule has 0 unspecified atom stereocenters. The molecule has 3 N–H and O–H groups in total. The largest absolute Gasteiger partial charge is 0.330 e. The summed E-state index contributed by atoms with van der Waals surface area (Å²) in [5, 5.41) is 0. The summed E-state index contributed by atoms with van der Waals surface area (Å²) in [5.41, 5.74) is 14.3. The quantitative estimate of drug-likeness (QED) is 0.648. The van der Waals surface area contributed by atoms with Gasteiger partial charge in [0.2, 0.25) is 0 Å². The molecule has 1 aromatic carbocycles. The first kappa shape index (κ1) is 7.09. The average molecular weight is 135 g/mol. The number of nitrogens with two attached hydrogens (primary N) is 1. The second-order valence-electron chi connectivity index (χ2n) is 2.24. The van der Waals surface area contributed by atoms with E-state index in [9.17, 15) is 0 Å². The maximum Gasteiger partial charge on any atom is 0.0542 e. The fourth-order valence-electron chi connectivity index (χ4n) is 0.894. The van der Waals surface area contributed by atoms with E-state index in [1.165, 1.54) is 0 Å². The molecule has 0 saturated carbocycles. The van der Waals surface area contributed by atoms with Crippen LogP contribution in [0.15, 0.2) is 24.3 Å². The van der Waals surface area contributed by atoms with Gasteiger partial charge in [0.15, 0.2) is 0 Å². The Balaban J connectivity index is 2.75. The molecule has 1 radical (unpaired) electrons. The molecule has 1 aromatic rings. The highest BCUT2D eigenvalue weighted by molar-refractivity contribution is 5.37. The minimum Gasteiger partial charge on any atom is -0.330 e. The van der Waals surface area contributed by atoms with Gasteiger partial charge < -0.3 is 11.5 Å². The van der Waals surface area contributed by atoms with Gasteiger partial charge in [-0.1, -0.05) is 12.1 Å². The van der Waals surface area contributed by atoms with Crippen LogP contribution in [-0.2, 0) is 6.42 Å². The van der Waals surface area contributed by atoms with E-state index in [0.29, 0.717) is 12.2 Å². The predicted molar refractivity (Wildman–Crippen MR) is 42.0 cm³/mol. The minimum atomic E-state index is 0.561. The van der Waals surface area contributed by atoms with Crippen LogP contribution in [0.25, 0.3) is 0 Å². The van der Waals surface area contributed by atoms with Crippen LogP contribution in [0.4, 0.5) is 5.69 Å². The molecule has 0 spiro atoms. The Bertz CT molecular complexity index is 208. The lowest BCUT2D eigenvalue weighted by Crippen LogP contribution is -2.02. The Morgan fingerprint density at radius 3 is 2.80 bits per heavy atom. The van der Waals surface area contributed by atoms with E-state index in [2.05, 4.69) is 0 Å². The van der Waals surface area contributed by atoms with Crippen molar-refractivity contribution in [3.05, 3.63) is 29.8 Å². The summed E-state index contributed by atoms with van der Waals surface area (Å²) in [6, 6.07) is 7.48. The molecule has 0 amide bonds. The van der Waals surface area contributed by atoms with Crippen LogP contribution >= 0.6 is 0 Å². The molecule has 0 aliphatic carbocycles. The Morgan fingerprint density at radius 1 is 1.40 bits per heavy atom. The van der Waals surface area contributed by atoms with Crippen molar-refractivity contribution in [2.24, 2.45) is 5.73 Å². The number of hydrogen-bond donors (Lipinski definition) is 1. The Labute approximate surface area is 60.8 Å². The summed E-state index contributed by atoms with van der Waals surface area (Å²) < 4.78 is 0. The number of hydrogen-bond acceptors (Lipinski definition) is 1. The SMILES string of the molecule is [NH]c1cccc(CCN)c1. The summed E-state index contributed by atoms with van der Waals surface area (Å²) in [7, 11) is 0. The molecule has 0 aliphatic heterocycles. The molecule has 0 aliphatic rings. The molecule has 1 rings (SSSR count). The van der Waals surface area contributed by atoms with Crippen molar-refractivity contribution in [1.29, 1.82) is 0 Å². The first-order chi connectivity index (χ1) is 4.83. The zero-order chi connectivity index (χ0) is 7.40. The van der Waals surface area contributed by atoms with Gasteiger partial charge in [-0.05, 0) is 30.7 Å². The zero-order valence-electron chi connectivity index (χ0n) is 5.80. The summed E-state index contributed by atoms with van der Waals surface area (Å²) in [4.78, 5) is 0. The van der Waals surface area contributed by atoms with Gasteiger partial charge in [-0.25, -0.2) is 0 Å². The van der Waals surface area contributed by atoms with Crippen molar-refractivity contribution in [2.45, 2.75) is 6.42 Å². The summed E-state index contributed by atoms with van der Waals surface area (Å²) >= 11 is 0. The number of rotatable bonds is 2. The maximum absolute atomic E-state index is 7.27. The molecule has 0 atom stereocenters. The predicted octanol–water partition coefficient (Wildman–Crippen LogP) is 1.10. The minimum absolute atomic E-state index is 0.561. The maximum atomic E-state index is 7.27. The zero-order valence-corrected chi connectivity index (χ0v) is 5.80. The molecular weight excluding hydrogens is 124 g/mol. The van der Waals surface area contributed by atoms with Crippen molar-refractivity contribution in [2.75, 3.05) is 6.54 Å². The molecule has 2 nitrogen and oxygen atoms in total. The van der Waals surface area contributed by atoms with Crippen LogP contribution in [0.5, 0.6) is 0 Å². The highest BCUT2D eigenvalue weighted by Crippen LogP contribution is 2.07. The van der Waals surface area contributed by atoms with Gasteiger partial charge in [-0.2, -0.15) is 0 Å². The molecular formula is C8H11N2. The summed E-state index contributed by atoms with van der Waals surface area (Å²) in [6.45, 7) is 0.656. The average Bonchev–Trinajstić information content (AvgIpc) is 1.88. The van der Waals surface area contributed by atoms with E-state index in [-0.39, 0.29) is 0 Å². The lowest BCUT2D eigenvalue weighted by Gasteiger charge is -1.97. The van der Waals surface area contributed by atoms with Gasteiger partial charge in [-0.15, -0.1) is 0 Å². The Kier molecular flexibility index (Phi) is 2.29. The molecule has 2 heteroatoms. The molecule has 0 heterocycles. The lowest BCUT2D eigenvalue weighted by atomic mass is 10.1. The fourth-order valence-corrected chi connectivity index (χ4v) is 0.894. The molecule has 10 heavy (non-hydrogen) atoms. The molecule has 0 bridgehead atoms. The lowest BCUT2D eigenvalue weighted by molar-refractivity contribution is 0.968. The first-order valence-corrected chi connectivity index (χ1v) is 3.33. The van der Waals surface area contributed by atoms with E-state index < -0.39 is 0 Å². The smallest absolute Gasteiger partial charge is 0.0542 e. The van der Waals surface area contributed by atoms with Crippen molar-refractivity contribution in [1.82, 2.24) is 5.73 Å². The van der Waals surface area contributed by atoms with Crippen LogP contribution in [-0.4, -0.2) is 6.54 Å². The number of benzene rings is 1. The van der Waals surface area contributed by atoms with E-state index >= 15 is 0 Å². The number of nitrogens with one attached hydrogen (secondary N) is 1. The Morgan fingerprint density at radius 2 is 2.20 bits per heavy atom. The van der Waals surface area contributed by atoms with Gasteiger partial charge in [-0.3, -0.25) is 0 Å². The summed E-state index contributed by atoms with van der Waals surface area (Å²) in [5.74, 6) is 0. The third-order valence-electron chi connectivity index (χ3n) is 1.36. The Hall–Kier alpha value is -1.02. The monoisotopic (exact) mass is 135 g/mol. The van der Waals surface area contributed by atoms with E-state index in [4.69, 9.17) is 11.5 Å². The molecule has 0 saturated heterocycles. The third-order valence-corrected chi connectivity index (χ3v) is 1.36. The second kappa shape index (κ2) is 3.22. The van der Waals surface area contributed by atoms with Gasteiger partial charge in [0.25, 0.3) is 0 Å². The van der Waals surface area contributed by atoms with Crippen molar-refractivity contribution >= 4 is 5.69 Å². The van der Waals surface area contributed by atoms with Crippen LogP contribution in [0.2, 0.25) is 0 Å². The van der Waals surface area contributed by atoms with Crippen molar-refractivity contribution in [3.8, 4) is 0 Å². The highest BCUT2D eigenvalue weighted by Gasteiger charge is 1.90. The van der Waals surface area contributed by atoms with Crippen LogP contribution in [0.1, 0.15) is 5.56 Å². The van der Waals surface area contributed by atoms with Crippen LogP contribution < -0.4 is 11.5 Å². The van der Waals surface area contributed by atoms with Gasteiger partial charge in [0, 0.05) is 0 Å². The van der Waals surface area contributed by atoms with Gasteiger partial charge >= 0.3 is 0 Å². The molecule has 0 aromatic heterocycles. The second-order valence-corrected chi connectivity index (χ2v) is 2.24. The molecule has 53 valence electrons.